The number of likely N-dealkylation sites (N-methyl/N-ethyl adjacent to an activating group) is 1. The maximum atomic E-state index is 12.8. The molecule has 1 saturated heterocycles. The highest BCUT2D eigenvalue weighted by atomic mass is 16.2. The van der Waals surface area contributed by atoms with Gasteiger partial charge < -0.3 is 15.1 Å². The molecule has 1 aromatic heterocycles. The summed E-state index contributed by atoms with van der Waals surface area (Å²) in [5.41, 5.74) is 2.13. The van der Waals surface area contributed by atoms with Crippen molar-refractivity contribution in [3.63, 3.8) is 0 Å². The van der Waals surface area contributed by atoms with E-state index in [2.05, 4.69) is 27.4 Å². The SMILES string of the molecule is CNC(C(=O)N1CCN(c2ccccc2)CC1)c1cnn(C)c1. The number of nitrogens with one attached hydrogen (secondary N) is 1. The minimum atomic E-state index is -0.327. The first-order valence-corrected chi connectivity index (χ1v) is 7.93. The Hall–Kier alpha value is -2.34. The Balaban J connectivity index is 1.63. The molecule has 1 aliphatic rings. The number of carbonyl (C=O) groups excluding carboxylic acids is 1. The van der Waals surface area contributed by atoms with Crippen molar-refractivity contribution >= 4 is 11.6 Å². The highest BCUT2D eigenvalue weighted by molar-refractivity contribution is 5.83. The van der Waals surface area contributed by atoms with Crippen LogP contribution in [0.4, 0.5) is 5.69 Å². The molecular formula is C17H23N5O. The minimum Gasteiger partial charge on any atom is -0.368 e. The maximum Gasteiger partial charge on any atom is 0.244 e. The quantitative estimate of drug-likeness (QED) is 0.916. The van der Waals surface area contributed by atoms with Crippen LogP contribution >= 0.6 is 0 Å². The van der Waals surface area contributed by atoms with Gasteiger partial charge in [-0.3, -0.25) is 9.48 Å². The summed E-state index contributed by atoms with van der Waals surface area (Å²) in [6.45, 7) is 3.21. The van der Waals surface area contributed by atoms with E-state index in [1.807, 2.05) is 43.4 Å². The number of hydrogen-bond acceptors (Lipinski definition) is 4. The summed E-state index contributed by atoms with van der Waals surface area (Å²) < 4.78 is 1.72. The molecule has 3 rings (SSSR count). The zero-order valence-electron chi connectivity index (χ0n) is 13.6. The fourth-order valence-electron chi connectivity index (χ4n) is 3.03. The van der Waals surface area contributed by atoms with Crippen molar-refractivity contribution < 1.29 is 4.79 Å². The number of carbonyl (C=O) groups is 1. The van der Waals surface area contributed by atoms with E-state index < -0.39 is 0 Å². The van der Waals surface area contributed by atoms with Gasteiger partial charge in [-0.1, -0.05) is 18.2 Å². The lowest BCUT2D eigenvalue weighted by Gasteiger charge is -2.37. The van der Waals surface area contributed by atoms with E-state index in [1.54, 1.807) is 10.9 Å². The van der Waals surface area contributed by atoms with Crippen LogP contribution in [0.5, 0.6) is 0 Å². The molecule has 1 aromatic carbocycles. The number of rotatable bonds is 4. The van der Waals surface area contributed by atoms with Crippen molar-refractivity contribution in [3.8, 4) is 0 Å². The van der Waals surface area contributed by atoms with Crippen molar-refractivity contribution in [1.29, 1.82) is 0 Å². The molecule has 0 spiro atoms. The van der Waals surface area contributed by atoms with Crippen LogP contribution in [0.1, 0.15) is 11.6 Å². The number of piperazine rings is 1. The third-order valence-electron chi connectivity index (χ3n) is 4.31. The Kier molecular flexibility index (Phi) is 4.62. The van der Waals surface area contributed by atoms with Gasteiger partial charge in [0.2, 0.25) is 5.91 Å². The van der Waals surface area contributed by atoms with E-state index in [4.69, 9.17) is 0 Å². The molecule has 0 saturated carbocycles. The van der Waals surface area contributed by atoms with Gasteiger partial charge in [0, 0.05) is 50.7 Å². The first kappa shape index (κ1) is 15.6. The Morgan fingerprint density at radius 1 is 1.17 bits per heavy atom. The summed E-state index contributed by atoms with van der Waals surface area (Å²) in [6.07, 6.45) is 3.64. The Labute approximate surface area is 136 Å². The van der Waals surface area contributed by atoms with Gasteiger partial charge >= 0.3 is 0 Å². The lowest BCUT2D eigenvalue weighted by molar-refractivity contribution is -0.133. The molecule has 2 heterocycles. The third-order valence-corrected chi connectivity index (χ3v) is 4.31. The molecule has 1 fully saturated rings. The molecule has 1 atom stereocenters. The second kappa shape index (κ2) is 6.83. The summed E-state index contributed by atoms with van der Waals surface area (Å²) in [7, 11) is 3.68. The summed E-state index contributed by atoms with van der Waals surface area (Å²) in [4.78, 5) is 17.0. The molecule has 0 radical (unpaired) electrons. The standard InChI is InChI=1S/C17H23N5O/c1-18-16(14-12-19-20(2)13-14)17(23)22-10-8-21(9-11-22)15-6-4-3-5-7-15/h3-7,12-13,16,18H,8-11H2,1-2H3. The maximum absolute atomic E-state index is 12.8. The van der Waals surface area contributed by atoms with Crippen LogP contribution in [-0.4, -0.2) is 53.8 Å². The molecule has 6 heteroatoms. The molecule has 1 amide bonds. The summed E-state index contributed by atoms with van der Waals surface area (Å²) in [5.74, 6) is 0.119. The van der Waals surface area contributed by atoms with E-state index >= 15 is 0 Å². The molecule has 23 heavy (non-hydrogen) atoms. The topological polar surface area (TPSA) is 53.4 Å². The minimum absolute atomic E-state index is 0.119. The number of benzene rings is 1. The van der Waals surface area contributed by atoms with Gasteiger partial charge in [-0.2, -0.15) is 5.10 Å². The largest absolute Gasteiger partial charge is 0.368 e. The van der Waals surface area contributed by atoms with Gasteiger partial charge in [-0.15, -0.1) is 0 Å². The fraction of sp³-hybridized carbons (Fsp3) is 0.412. The van der Waals surface area contributed by atoms with Crippen molar-refractivity contribution in [3.05, 3.63) is 48.3 Å². The molecule has 1 unspecified atom stereocenters. The average molecular weight is 313 g/mol. The van der Waals surface area contributed by atoms with Crippen LogP contribution in [0.2, 0.25) is 0 Å². The van der Waals surface area contributed by atoms with Crippen LogP contribution in [0, 0.1) is 0 Å². The van der Waals surface area contributed by atoms with Gasteiger partial charge in [0.05, 0.1) is 6.20 Å². The van der Waals surface area contributed by atoms with Crippen molar-refractivity contribution in [2.75, 3.05) is 38.1 Å². The predicted molar refractivity (Wildman–Crippen MR) is 90.2 cm³/mol. The van der Waals surface area contributed by atoms with Gasteiger partial charge in [0.15, 0.2) is 0 Å². The number of anilines is 1. The van der Waals surface area contributed by atoms with E-state index in [1.165, 1.54) is 5.69 Å². The zero-order valence-corrected chi connectivity index (χ0v) is 13.6. The lowest BCUT2D eigenvalue weighted by Crippen LogP contribution is -2.51. The smallest absolute Gasteiger partial charge is 0.244 e. The number of amides is 1. The summed E-state index contributed by atoms with van der Waals surface area (Å²) >= 11 is 0. The molecule has 122 valence electrons. The van der Waals surface area contributed by atoms with Crippen LogP contribution in [0.3, 0.4) is 0 Å². The normalized spacial score (nSPS) is 16.4. The number of para-hydroxylation sites is 1. The number of aromatic nitrogens is 2. The van der Waals surface area contributed by atoms with Crippen molar-refractivity contribution in [2.45, 2.75) is 6.04 Å². The van der Waals surface area contributed by atoms with Crippen molar-refractivity contribution in [1.82, 2.24) is 20.0 Å². The Bertz CT molecular complexity index is 646. The third kappa shape index (κ3) is 3.37. The van der Waals surface area contributed by atoms with Crippen LogP contribution < -0.4 is 10.2 Å². The van der Waals surface area contributed by atoms with E-state index in [9.17, 15) is 4.79 Å². The fourth-order valence-corrected chi connectivity index (χ4v) is 3.03. The first-order chi connectivity index (χ1) is 11.2. The molecule has 2 aromatic rings. The van der Waals surface area contributed by atoms with Gasteiger partial charge in [0.1, 0.15) is 6.04 Å². The molecule has 0 aliphatic carbocycles. The van der Waals surface area contributed by atoms with Crippen LogP contribution in [0.25, 0.3) is 0 Å². The van der Waals surface area contributed by atoms with E-state index in [0.717, 1.165) is 31.7 Å². The molecular weight excluding hydrogens is 290 g/mol. The Morgan fingerprint density at radius 2 is 1.87 bits per heavy atom. The van der Waals surface area contributed by atoms with Crippen molar-refractivity contribution in [2.24, 2.45) is 7.05 Å². The second-order valence-corrected chi connectivity index (χ2v) is 5.82. The summed E-state index contributed by atoms with van der Waals surface area (Å²) in [6, 6.07) is 10.0. The Morgan fingerprint density at radius 3 is 2.43 bits per heavy atom. The zero-order chi connectivity index (χ0) is 16.2. The van der Waals surface area contributed by atoms with Gasteiger partial charge in [-0.05, 0) is 19.2 Å². The van der Waals surface area contributed by atoms with Gasteiger partial charge in [0.25, 0.3) is 0 Å². The second-order valence-electron chi connectivity index (χ2n) is 5.82. The first-order valence-electron chi connectivity index (χ1n) is 7.93. The van der Waals surface area contributed by atoms with Crippen LogP contribution in [0.15, 0.2) is 42.7 Å². The monoisotopic (exact) mass is 313 g/mol. The molecule has 1 aliphatic heterocycles. The van der Waals surface area contributed by atoms with E-state index in [0.29, 0.717) is 0 Å². The molecule has 1 N–H and O–H groups in total. The number of nitrogens with zero attached hydrogens (tertiary/aromatic N) is 4. The van der Waals surface area contributed by atoms with E-state index in [-0.39, 0.29) is 11.9 Å². The average Bonchev–Trinajstić information content (AvgIpc) is 3.02. The van der Waals surface area contributed by atoms with Gasteiger partial charge in [-0.25, -0.2) is 0 Å². The molecule has 0 bridgehead atoms. The number of aryl methyl sites for hydroxylation is 1. The lowest BCUT2D eigenvalue weighted by atomic mass is 10.1. The van der Waals surface area contributed by atoms with Crippen LogP contribution in [-0.2, 0) is 11.8 Å². The molecule has 6 nitrogen and oxygen atoms in total. The highest BCUT2D eigenvalue weighted by Crippen LogP contribution is 2.19. The number of hydrogen-bond donors (Lipinski definition) is 1. The summed E-state index contributed by atoms with van der Waals surface area (Å²) in [5, 5.41) is 7.28. The highest BCUT2D eigenvalue weighted by Gasteiger charge is 2.28. The predicted octanol–water partition coefficient (Wildman–Crippen LogP) is 1.03.